The van der Waals surface area contributed by atoms with Crippen LogP contribution in [0.2, 0.25) is 0 Å². The van der Waals surface area contributed by atoms with E-state index in [1.165, 1.54) is 231 Å². The molecule has 0 aliphatic carbocycles. The van der Waals surface area contributed by atoms with Crippen molar-refractivity contribution < 1.29 is 32.9 Å². The first-order chi connectivity index (χ1) is 33.5. The lowest BCUT2D eigenvalue weighted by Gasteiger charge is -2.30. The second kappa shape index (κ2) is 51.9. The molecule has 0 fully saturated rings. The lowest BCUT2D eigenvalue weighted by molar-refractivity contribution is -0.870. The van der Waals surface area contributed by atoms with E-state index in [9.17, 15) is 19.4 Å². The van der Waals surface area contributed by atoms with Crippen molar-refractivity contribution in [2.75, 3.05) is 40.9 Å². The van der Waals surface area contributed by atoms with Crippen molar-refractivity contribution in [3.05, 3.63) is 24.3 Å². The Bertz CT molecular complexity index is 1170. The minimum atomic E-state index is -4.57. The Morgan fingerprint density at radius 3 is 1.20 bits per heavy atom. The van der Waals surface area contributed by atoms with Gasteiger partial charge >= 0.3 is 0 Å². The highest BCUT2D eigenvalue weighted by atomic mass is 31.2. The molecule has 0 bridgehead atoms. The smallest absolute Gasteiger partial charge is 0.268 e. The quantitative estimate of drug-likeness (QED) is 0.0272. The van der Waals surface area contributed by atoms with Crippen molar-refractivity contribution >= 4 is 13.7 Å². The zero-order valence-electron chi connectivity index (χ0n) is 46.8. The molecule has 0 radical (unpaired) electrons. The molecule has 0 saturated heterocycles. The summed E-state index contributed by atoms with van der Waals surface area (Å²) in [5, 5.41) is 14.0. The molecule has 0 aliphatic rings. The number of quaternary nitrogens is 1. The first-order valence-electron chi connectivity index (χ1n) is 30.2. The van der Waals surface area contributed by atoms with Crippen LogP contribution < -0.4 is 10.2 Å². The van der Waals surface area contributed by atoms with E-state index < -0.39 is 20.0 Å². The van der Waals surface area contributed by atoms with Gasteiger partial charge in [-0.1, -0.05) is 276 Å². The minimum absolute atomic E-state index is 0.0141. The van der Waals surface area contributed by atoms with Crippen LogP contribution in [0.25, 0.3) is 0 Å². The van der Waals surface area contributed by atoms with Crippen LogP contribution >= 0.6 is 7.82 Å². The number of likely N-dealkylation sites (N-methyl/N-ethyl adjacent to an activating group) is 1. The molecule has 0 saturated carbocycles. The predicted molar refractivity (Wildman–Crippen MR) is 298 cm³/mol. The summed E-state index contributed by atoms with van der Waals surface area (Å²) in [5.74, 6) is -0.161. The zero-order chi connectivity index (χ0) is 50.6. The second-order valence-corrected chi connectivity index (χ2v) is 23.5. The van der Waals surface area contributed by atoms with Gasteiger partial charge in [0.25, 0.3) is 7.82 Å². The topological polar surface area (TPSA) is 108 Å². The van der Waals surface area contributed by atoms with Crippen LogP contribution in [0.4, 0.5) is 0 Å². The molecule has 3 unspecified atom stereocenters. The zero-order valence-corrected chi connectivity index (χ0v) is 47.7. The monoisotopic (exact) mass is 995 g/mol. The maximum absolute atomic E-state index is 13.0. The molecular formula is C60H119N2O6P. The Hall–Kier alpha value is -1.02. The van der Waals surface area contributed by atoms with Crippen LogP contribution in [0.15, 0.2) is 24.3 Å². The van der Waals surface area contributed by atoms with Crippen molar-refractivity contribution in [1.82, 2.24) is 5.32 Å². The number of phosphoric ester groups is 1. The number of nitrogens with one attached hydrogen (secondary N) is 1. The molecule has 1 amide bonds. The van der Waals surface area contributed by atoms with E-state index >= 15 is 0 Å². The number of aliphatic hydroxyl groups excluding tert-OH is 1. The SMILES string of the molecule is CCCCCCCCCCCCC/C=C\C/C=C\CCCCCCCCCCCCCCCCCCCC(=O)NC(COP(=O)([O-])OCC[N+](C)(C)C)C(O)CCCCCCCCCCCCCC. The van der Waals surface area contributed by atoms with E-state index in [-0.39, 0.29) is 19.1 Å². The summed E-state index contributed by atoms with van der Waals surface area (Å²) in [5.41, 5.74) is 0. The van der Waals surface area contributed by atoms with Crippen molar-refractivity contribution in [3.8, 4) is 0 Å². The van der Waals surface area contributed by atoms with Gasteiger partial charge in [0.15, 0.2) is 0 Å². The van der Waals surface area contributed by atoms with Gasteiger partial charge in [0.1, 0.15) is 13.2 Å². The maximum Gasteiger partial charge on any atom is 0.268 e. The fourth-order valence-corrected chi connectivity index (χ4v) is 9.91. The van der Waals surface area contributed by atoms with E-state index in [2.05, 4.69) is 43.5 Å². The van der Waals surface area contributed by atoms with Gasteiger partial charge < -0.3 is 28.8 Å². The number of carbonyl (C=O) groups is 1. The van der Waals surface area contributed by atoms with Gasteiger partial charge in [0.2, 0.25) is 5.91 Å². The predicted octanol–water partition coefficient (Wildman–Crippen LogP) is 17.7. The lowest BCUT2D eigenvalue weighted by Crippen LogP contribution is -2.46. The summed E-state index contributed by atoms with van der Waals surface area (Å²) >= 11 is 0. The molecule has 0 rings (SSSR count). The van der Waals surface area contributed by atoms with Gasteiger partial charge in [-0.2, -0.15) is 0 Å². The summed E-state index contributed by atoms with van der Waals surface area (Å²) < 4.78 is 23.4. The average Bonchev–Trinajstić information content (AvgIpc) is 3.31. The van der Waals surface area contributed by atoms with Crippen molar-refractivity contribution in [3.63, 3.8) is 0 Å². The molecule has 9 heteroatoms. The summed E-state index contributed by atoms with van der Waals surface area (Å²) in [7, 11) is 1.32. The number of hydrogen-bond acceptors (Lipinski definition) is 6. The fourth-order valence-electron chi connectivity index (χ4n) is 9.19. The highest BCUT2D eigenvalue weighted by Crippen LogP contribution is 2.38. The number of aliphatic hydroxyl groups is 1. The van der Waals surface area contributed by atoms with Gasteiger partial charge in [-0.05, 0) is 44.9 Å². The Balaban J connectivity index is 3.92. The molecule has 0 aromatic heterocycles. The van der Waals surface area contributed by atoms with Gasteiger partial charge in [-0.25, -0.2) is 0 Å². The van der Waals surface area contributed by atoms with Crippen LogP contribution in [0.1, 0.15) is 303 Å². The number of amides is 1. The molecule has 0 aromatic carbocycles. The van der Waals surface area contributed by atoms with Crippen LogP contribution in [0.3, 0.4) is 0 Å². The van der Waals surface area contributed by atoms with Crippen LogP contribution in [-0.2, 0) is 18.4 Å². The third-order valence-electron chi connectivity index (χ3n) is 13.9. The maximum atomic E-state index is 13.0. The molecule has 3 atom stereocenters. The Morgan fingerprint density at radius 2 is 0.841 bits per heavy atom. The van der Waals surface area contributed by atoms with Gasteiger partial charge in [0, 0.05) is 6.42 Å². The number of phosphoric acid groups is 1. The second-order valence-electron chi connectivity index (χ2n) is 22.1. The number of rotatable bonds is 56. The van der Waals surface area contributed by atoms with Gasteiger partial charge in [0.05, 0.1) is 39.9 Å². The normalized spacial score (nSPS) is 14.0. The molecule has 0 spiro atoms. The van der Waals surface area contributed by atoms with Crippen LogP contribution in [0, 0.1) is 0 Å². The third kappa shape index (κ3) is 54.6. The van der Waals surface area contributed by atoms with Gasteiger partial charge in [-0.15, -0.1) is 0 Å². The average molecular weight is 996 g/mol. The lowest BCUT2D eigenvalue weighted by atomic mass is 10.0. The van der Waals surface area contributed by atoms with E-state index in [0.717, 1.165) is 44.9 Å². The van der Waals surface area contributed by atoms with Crippen LogP contribution in [0.5, 0.6) is 0 Å². The van der Waals surface area contributed by atoms with E-state index in [1.54, 1.807) is 0 Å². The molecule has 69 heavy (non-hydrogen) atoms. The third-order valence-corrected chi connectivity index (χ3v) is 14.9. The standard InChI is InChI=1S/C60H119N2O6P/c1-6-8-10-12-14-16-18-20-21-22-23-24-25-26-27-28-29-30-31-32-33-34-35-36-37-38-39-40-41-42-44-46-48-50-52-54-60(64)61-58(57-68-69(65,66)67-56-55-62(3,4)5)59(63)53-51-49-47-45-43-19-17-15-13-11-9-7-2/h25-26,28-29,58-59,63H,6-24,27,30-57H2,1-5H3,(H-,61,64,65,66)/b26-25-,29-28-. The molecule has 0 aliphatic heterocycles. The number of nitrogens with zero attached hydrogens (tertiary/aromatic N) is 1. The van der Waals surface area contributed by atoms with E-state index in [0.29, 0.717) is 23.9 Å². The van der Waals surface area contributed by atoms with Crippen molar-refractivity contribution in [1.29, 1.82) is 0 Å². The number of carbonyl (C=O) groups excluding carboxylic acids is 1. The number of hydrogen-bond donors (Lipinski definition) is 2. The Morgan fingerprint density at radius 1 is 0.507 bits per heavy atom. The summed E-state index contributed by atoms with van der Waals surface area (Å²) in [6, 6.07) is -0.797. The van der Waals surface area contributed by atoms with Crippen LogP contribution in [-0.4, -0.2) is 68.5 Å². The summed E-state index contributed by atoms with van der Waals surface area (Å²) in [4.78, 5) is 25.5. The first kappa shape index (κ1) is 68.0. The first-order valence-corrected chi connectivity index (χ1v) is 31.6. The summed E-state index contributed by atoms with van der Waals surface area (Å²) in [6.45, 7) is 4.75. The number of unbranched alkanes of at least 4 members (excludes halogenated alkanes) is 39. The van der Waals surface area contributed by atoms with E-state index in [4.69, 9.17) is 9.05 Å². The van der Waals surface area contributed by atoms with Gasteiger partial charge in [-0.3, -0.25) is 9.36 Å². The fraction of sp³-hybridized carbons (Fsp3) is 0.917. The molecule has 0 aromatic rings. The summed E-state index contributed by atoms with van der Waals surface area (Å²) in [6.07, 6.45) is 65.2. The highest BCUT2D eigenvalue weighted by molar-refractivity contribution is 7.45. The minimum Gasteiger partial charge on any atom is -0.756 e. The molecule has 0 heterocycles. The number of allylic oxidation sites excluding steroid dienone is 4. The van der Waals surface area contributed by atoms with E-state index in [1.807, 2.05) is 21.1 Å². The molecule has 2 N–H and O–H groups in total. The van der Waals surface area contributed by atoms with Crippen molar-refractivity contribution in [2.24, 2.45) is 0 Å². The molecule has 410 valence electrons. The highest BCUT2D eigenvalue weighted by Gasteiger charge is 2.24. The molecule has 8 nitrogen and oxygen atoms in total. The molecular weight excluding hydrogens is 876 g/mol. The largest absolute Gasteiger partial charge is 0.756 e. The Kier molecular flexibility index (Phi) is 51.1. The Labute approximate surface area is 430 Å². The van der Waals surface area contributed by atoms with Crippen molar-refractivity contribution in [2.45, 2.75) is 315 Å².